The molecule has 0 saturated heterocycles. The van der Waals surface area contributed by atoms with E-state index in [0.29, 0.717) is 5.39 Å². The molecule has 1 N–H and O–H groups in total. The van der Waals surface area contributed by atoms with Gasteiger partial charge in [0.15, 0.2) is 5.76 Å². The van der Waals surface area contributed by atoms with Crippen LogP contribution in [0.15, 0.2) is 56.7 Å². The van der Waals surface area contributed by atoms with E-state index in [9.17, 15) is 14.4 Å². The number of furan rings is 1. The zero-order valence-corrected chi connectivity index (χ0v) is 10.3. The van der Waals surface area contributed by atoms with E-state index in [1.807, 2.05) is 0 Å². The van der Waals surface area contributed by atoms with Crippen molar-refractivity contribution in [1.82, 2.24) is 9.78 Å². The highest BCUT2D eigenvalue weighted by atomic mass is 16.3. The first-order chi connectivity index (χ1) is 9.66. The Morgan fingerprint density at radius 1 is 1.10 bits per heavy atom. The smallest absolute Gasteiger partial charge is 0.273 e. The number of aromatic nitrogens is 2. The minimum Gasteiger partial charge on any atom is -0.461 e. The van der Waals surface area contributed by atoms with Crippen molar-refractivity contribution in [3.05, 3.63) is 69.1 Å². The molecule has 3 aromatic rings. The minimum absolute atomic E-state index is 0.144. The molecule has 2 aromatic heterocycles. The molecular weight excluding hydrogens is 260 g/mol. The fraction of sp³-hybridized carbons (Fsp3) is 0.0714. The number of fused-ring (bicyclic) bond motifs is 1. The topological polar surface area (TPSA) is 85.1 Å². The van der Waals surface area contributed by atoms with Gasteiger partial charge in [0.2, 0.25) is 5.78 Å². The lowest BCUT2D eigenvalue weighted by molar-refractivity contribution is 0.0938. The van der Waals surface area contributed by atoms with Gasteiger partial charge in [-0.1, -0.05) is 12.1 Å². The van der Waals surface area contributed by atoms with Crippen LogP contribution in [0.5, 0.6) is 0 Å². The van der Waals surface area contributed by atoms with Gasteiger partial charge in [-0.15, -0.1) is 0 Å². The molecule has 0 bridgehead atoms. The standard InChI is InChI=1S/C14H10N2O4/c17-11(12-6-3-7-20-12)8-16-14(19)10-5-2-1-4-9(10)13(18)15-16/h1-7H,8H2,(H,15,18). The molecule has 0 saturated carbocycles. The summed E-state index contributed by atoms with van der Waals surface area (Å²) in [6.45, 7) is -0.271. The van der Waals surface area contributed by atoms with Crippen molar-refractivity contribution < 1.29 is 9.21 Å². The Balaban J connectivity index is 2.09. The van der Waals surface area contributed by atoms with E-state index >= 15 is 0 Å². The quantitative estimate of drug-likeness (QED) is 0.724. The number of nitrogens with one attached hydrogen (secondary N) is 1. The zero-order chi connectivity index (χ0) is 14.1. The second kappa shape index (κ2) is 4.65. The molecule has 6 nitrogen and oxygen atoms in total. The highest BCUT2D eigenvalue weighted by molar-refractivity contribution is 5.93. The Kier molecular flexibility index (Phi) is 2.83. The third-order valence-corrected chi connectivity index (χ3v) is 2.98. The number of carbonyl (C=O) groups excluding carboxylic acids is 1. The van der Waals surface area contributed by atoms with Crippen LogP contribution in [0.2, 0.25) is 0 Å². The second-order valence-corrected chi connectivity index (χ2v) is 4.28. The molecule has 2 heterocycles. The maximum absolute atomic E-state index is 12.2. The molecule has 20 heavy (non-hydrogen) atoms. The summed E-state index contributed by atoms with van der Waals surface area (Å²) in [5.74, 6) is -0.242. The van der Waals surface area contributed by atoms with Gasteiger partial charge in [-0.3, -0.25) is 19.5 Å². The van der Waals surface area contributed by atoms with Crippen LogP contribution in [0.1, 0.15) is 10.6 Å². The lowest BCUT2D eigenvalue weighted by atomic mass is 10.2. The first kappa shape index (κ1) is 12.2. The summed E-state index contributed by atoms with van der Waals surface area (Å²) < 4.78 is 5.96. The Hall–Kier alpha value is -2.89. The van der Waals surface area contributed by atoms with Gasteiger partial charge in [-0.05, 0) is 24.3 Å². The number of H-pyrrole nitrogens is 1. The molecular formula is C14H10N2O4. The number of carbonyl (C=O) groups is 1. The van der Waals surface area contributed by atoms with Crippen molar-refractivity contribution in [2.45, 2.75) is 6.54 Å². The summed E-state index contributed by atoms with van der Waals surface area (Å²) in [5.41, 5.74) is -0.826. The average Bonchev–Trinajstić information content (AvgIpc) is 2.99. The number of nitrogens with zero attached hydrogens (tertiary/aromatic N) is 1. The Bertz CT molecular complexity index is 887. The molecule has 0 fully saturated rings. The number of hydrogen-bond donors (Lipinski definition) is 1. The van der Waals surface area contributed by atoms with Crippen LogP contribution >= 0.6 is 0 Å². The Morgan fingerprint density at radius 2 is 1.85 bits per heavy atom. The molecule has 0 amide bonds. The lowest BCUT2D eigenvalue weighted by Crippen LogP contribution is -2.32. The fourth-order valence-corrected chi connectivity index (χ4v) is 2.02. The number of benzene rings is 1. The van der Waals surface area contributed by atoms with Gasteiger partial charge in [0, 0.05) is 0 Å². The number of hydrogen-bond acceptors (Lipinski definition) is 4. The van der Waals surface area contributed by atoms with Crippen molar-refractivity contribution in [3.8, 4) is 0 Å². The molecule has 3 rings (SSSR count). The summed E-state index contributed by atoms with van der Waals surface area (Å²) in [6, 6.07) is 9.55. The van der Waals surface area contributed by atoms with Crippen LogP contribution in [0.25, 0.3) is 10.8 Å². The van der Waals surface area contributed by atoms with Gasteiger partial charge in [0.05, 0.1) is 17.0 Å². The molecule has 0 unspecified atom stereocenters. The van der Waals surface area contributed by atoms with Gasteiger partial charge < -0.3 is 4.42 Å². The van der Waals surface area contributed by atoms with Crippen molar-refractivity contribution in [3.63, 3.8) is 0 Å². The second-order valence-electron chi connectivity index (χ2n) is 4.28. The molecule has 100 valence electrons. The highest BCUT2D eigenvalue weighted by Gasteiger charge is 2.13. The molecule has 6 heteroatoms. The average molecular weight is 270 g/mol. The molecule has 1 aromatic carbocycles. The number of rotatable bonds is 3. The maximum Gasteiger partial charge on any atom is 0.273 e. The monoisotopic (exact) mass is 270 g/mol. The van der Waals surface area contributed by atoms with Gasteiger partial charge >= 0.3 is 0 Å². The van der Waals surface area contributed by atoms with E-state index < -0.39 is 11.1 Å². The first-order valence-electron chi connectivity index (χ1n) is 5.95. The van der Waals surface area contributed by atoms with Crippen molar-refractivity contribution in [2.24, 2.45) is 0 Å². The summed E-state index contributed by atoms with van der Waals surface area (Å²) in [4.78, 5) is 36.0. The van der Waals surface area contributed by atoms with Crippen LogP contribution in [-0.4, -0.2) is 15.6 Å². The van der Waals surface area contributed by atoms with Crippen LogP contribution in [0.4, 0.5) is 0 Å². The number of aromatic amines is 1. The van der Waals surface area contributed by atoms with E-state index in [-0.39, 0.29) is 23.5 Å². The van der Waals surface area contributed by atoms with E-state index in [2.05, 4.69) is 5.10 Å². The van der Waals surface area contributed by atoms with E-state index in [1.54, 1.807) is 30.3 Å². The predicted molar refractivity (Wildman–Crippen MR) is 71.9 cm³/mol. The van der Waals surface area contributed by atoms with E-state index in [1.165, 1.54) is 12.3 Å². The Labute approximate surface area is 112 Å². The summed E-state index contributed by atoms with van der Waals surface area (Å²) in [6.07, 6.45) is 1.37. The largest absolute Gasteiger partial charge is 0.461 e. The maximum atomic E-state index is 12.2. The molecule has 0 aliphatic heterocycles. The van der Waals surface area contributed by atoms with Gasteiger partial charge in [0.25, 0.3) is 11.1 Å². The van der Waals surface area contributed by atoms with Gasteiger partial charge in [-0.2, -0.15) is 0 Å². The molecule has 0 aliphatic carbocycles. The molecule has 0 radical (unpaired) electrons. The van der Waals surface area contributed by atoms with Crippen molar-refractivity contribution in [1.29, 1.82) is 0 Å². The molecule has 0 atom stereocenters. The first-order valence-corrected chi connectivity index (χ1v) is 5.95. The number of ketones is 1. The third kappa shape index (κ3) is 1.97. The van der Waals surface area contributed by atoms with Crippen molar-refractivity contribution in [2.75, 3.05) is 0 Å². The molecule has 0 spiro atoms. The van der Waals surface area contributed by atoms with Crippen LogP contribution in [0.3, 0.4) is 0 Å². The van der Waals surface area contributed by atoms with E-state index in [4.69, 9.17) is 4.42 Å². The van der Waals surface area contributed by atoms with Crippen LogP contribution in [0, 0.1) is 0 Å². The van der Waals surface area contributed by atoms with Gasteiger partial charge in [0.1, 0.15) is 6.54 Å². The summed E-state index contributed by atoms with van der Waals surface area (Å²) in [7, 11) is 0. The van der Waals surface area contributed by atoms with Gasteiger partial charge in [-0.25, -0.2) is 4.68 Å². The predicted octanol–water partition coefficient (Wildman–Crippen LogP) is 1.17. The highest BCUT2D eigenvalue weighted by Crippen LogP contribution is 2.04. The zero-order valence-electron chi connectivity index (χ0n) is 10.3. The minimum atomic E-state index is -0.417. The fourth-order valence-electron chi connectivity index (χ4n) is 2.02. The third-order valence-electron chi connectivity index (χ3n) is 2.98. The van der Waals surface area contributed by atoms with Crippen LogP contribution < -0.4 is 11.1 Å². The summed E-state index contributed by atoms with van der Waals surface area (Å²) in [5, 5.41) is 2.98. The Morgan fingerprint density at radius 3 is 2.55 bits per heavy atom. The number of Topliss-reactive ketones (excluding diaryl/α,β-unsaturated/α-hetero) is 1. The normalized spacial score (nSPS) is 10.8. The SMILES string of the molecule is O=C(Cn1[nH]c(=O)c2ccccc2c1=O)c1ccco1. The van der Waals surface area contributed by atoms with Crippen molar-refractivity contribution >= 4 is 16.6 Å². The lowest BCUT2D eigenvalue weighted by Gasteiger charge is -2.05. The molecule has 0 aliphatic rings. The van der Waals surface area contributed by atoms with E-state index in [0.717, 1.165) is 4.68 Å². The van der Waals surface area contributed by atoms with Crippen LogP contribution in [-0.2, 0) is 6.54 Å². The summed E-state index contributed by atoms with van der Waals surface area (Å²) >= 11 is 0.